The van der Waals surface area contributed by atoms with E-state index in [2.05, 4.69) is 20.5 Å². The fourth-order valence-electron chi connectivity index (χ4n) is 2.68. The number of amides is 1. The number of sulfone groups is 1. The lowest BCUT2D eigenvalue weighted by atomic mass is 10.2. The Morgan fingerprint density at radius 3 is 2.45 bits per heavy atom. The number of aromatic amines is 1. The smallest absolute Gasteiger partial charge is 0.256 e. The normalized spacial score (nSPS) is 11.5. The summed E-state index contributed by atoms with van der Waals surface area (Å²) in [7, 11) is -4.03. The zero-order valence-corrected chi connectivity index (χ0v) is 15.4. The van der Waals surface area contributed by atoms with Crippen molar-refractivity contribution in [3.63, 3.8) is 0 Å². The lowest BCUT2D eigenvalue weighted by molar-refractivity contribution is 0.102. The van der Waals surface area contributed by atoms with E-state index in [4.69, 9.17) is 0 Å². The molecule has 0 radical (unpaired) electrons. The molecule has 146 valence electrons. The Morgan fingerprint density at radius 1 is 0.966 bits per heavy atom. The number of nitrogens with one attached hydrogen (secondary N) is 2. The summed E-state index contributed by atoms with van der Waals surface area (Å²) in [5.41, 5.74) is 0.378. The first-order valence-electron chi connectivity index (χ1n) is 8.26. The molecule has 2 N–H and O–H groups in total. The number of fused-ring (bicyclic) bond motifs is 1. The molecular formula is C19H12F2N4O3S. The van der Waals surface area contributed by atoms with Crippen LogP contribution in [0.3, 0.4) is 0 Å². The van der Waals surface area contributed by atoms with E-state index in [0.717, 1.165) is 30.5 Å². The van der Waals surface area contributed by atoms with Gasteiger partial charge in [-0.2, -0.15) is 5.10 Å². The molecule has 2 aromatic heterocycles. The zero-order valence-electron chi connectivity index (χ0n) is 14.6. The summed E-state index contributed by atoms with van der Waals surface area (Å²) in [4.78, 5) is 15.9. The third-order valence-corrected chi connectivity index (χ3v) is 5.86. The van der Waals surface area contributed by atoms with E-state index < -0.39 is 27.4 Å². The Balaban J connectivity index is 1.71. The predicted octanol–water partition coefficient (Wildman–Crippen LogP) is 3.32. The van der Waals surface area contributed by atoms with Gasteiger partial charge >= 0.3 is 0 Å². The largest absolute Gasteiger partial charge is 0.306 e. The standard InChI is InChI=1S/C19H12F2N4O3S/c20-12-6-4-11(5-7-12)19(26)23-18-16-9-15(10-22-17(16)24-25-18)29(27,28)14-3-1-2-13(21)8-14/h1-10H,(H2,22,23,24,25,26). The van der Waals surface area contributed by atoms with Gasteiger partial charge in [-0.05, 0) is 48.5 Å². The average molecular weight is 414 g/mol. The predicted molar refractivity (Wildman–Crippen MR) is 100 cm³/mol. The summed E-state index contributed by atoms with van der Waals surface area (Å²) in [6.45, 7) is 0. The molecule has 2 heterocycles. The number of carbonyl (C=O) groups is 1. The molecule has 0 unspecified atom stereocenters. The molecule has 2 aromatic carbocycles. The fourth-order valence-corrected chi connectivity index (χ4v) is 3.94. The molecule has 0 spiro atoms. The quantitative estimate of drug-likeness (QED) is 0.533. The molecule has 0 fully saturated rings. The Hall–Kier alpha value is -3.66. The molecular weight excluding hydrogens is 402 g/mol. The minimum absolute atomic E-state index is 0.123. The van der Waals surface area contributed by atoms with Gasteiger partial charge in [0.15, 0.2) is 5.65 Å². The number of hydrogen-bond donors (Lipinski definition) is 2. The van der Waals surface area contributed by atoms with Gasteiger partial charge in [0.1, 0.15) is 17.5 Å². The van der Waals surface area contributed by atoms with Crippen molar-refractivity contribution in [2.45, 2.75) is 9.79 Å². The van der Waals surface area contributed by atoms with E-state index in [9.17, 15) is 22.0 Å². The van der Waals surface area contributed by atoms with Gasteiger partial charge in [0, 0.05) is 11.8 Å². The molecule has 0 saturated carbocycles. The minimum Gasteiger partial charge on any atom is -0.306 e. The summed E-state index contributed by atoms with van der Waals surface area (Å²) in [6, 6.07) is 10.8. The van der Waals surface area contributed by atoms with Crippen LogP contribution in [0.2, 0.25) is 0 Å². The number of hydrogen-bond acceptors (Lipinski definition) is 5. The Morgan fingerprint density at radius 2 is 1.72 bits per heavy atom. The van der Waals surface area contributed by atoms with E-state index in [1.54, 1.807) is 0 Å². The summed E-state index contributed by atoms with van der Waals surface area (Å²) in [6.07, 6.45) is 1.11. The highest BCUT2D eigenvalue weighted by atomic mass is 32.2. The van der Waals surface area contributed by atoms with Gasteiger partial charge in [-0.3, -0.25) is 9.89 Å². The maximum absolute atomic E-state index is 13.4. The third kappa shape index (κ3) is 3.57. The van der Waals surface area contributed by atoms with Crippen LogP contribution < -0.4 is 5.32 Å². The molecule has 0 bridgehead atoms. The second-order valence-corrected chi connectivity index (χ2v) is 8.01. The van der Waals surface area contributed by atoms with E-state index >= 15 is 0 Å². The fraction of sp³-hybridized carbons (Fsp3) is 0. The van der Waals surface area contributed by atoms with Crippen molar-refractivity contribution in [3.05, 3.63) is 78.0 Å². The van der Waals surface area contributed by atoms with Crippen LogP contribution in [0.4, 0.5) is 14.6 Å². The molecule has 4 aromatic rings. The van der Waals surface area contributed by atoms with Crippen molar-refractivity contribution < 1.29 is 22.0 Å². The zero-order chi connectivity index (χ0) is 20.6. The lowest BCUT2D eigenvalue weighted by Gasteiger charge is -2.06. The van der Waals surface area contributed by atoms with E-state index in [-0.39, 0.29) is 32.2 Å². The van der Waals surface area contributed by atoms with Gasteiger partial charge in [-0.1, -0.05) is 6.07 Å². The van der Waals surface area contributed by atoms with Gasteiger partial charge in [0.2, 0.25) is 9.84 Å². The molecule has 4 rings (SSSR count). The first-order valence-corrected chi connectivity index (χ1v) is 9.74. The van der Waals surface area contributed by atoms with Crippen molar-refractivity contribution in [1.29, 1.82) is 0 Å². The molecule has 0 saturated heterocycles. The van der Waals surface area contributed by atoms with Crippen molar-refractivity contribution in [2.24, 2.45) is 0 Å². The first kappa shape index (κ1) is 18.7. The first-order chi connectivity index (χ1) is 13.8. The number of rotatable bonds is 4. The highest BCUT2D eigenvalue weighted by Crippen LogP contribution is 2.26. The molecule has 29 heavy (non-hydrogen) atoms. The van der Waals surface area contributed by atoms with Crippen molar-refractivity contribution in [1.82, 2.24) is 15.2 Å². The topological polar surface area (TPSA) is 105 Å². The second-order valence-electron chi connectivity index (χ2n) is 6.06. The van der Waals surface area contributed by atoms with Crippen LogP contribution in [-0.2, 0) is 9.84 Å². The van der Waals surface area contributed by atoms with E-state index in [0.29, 0.717) is 0 Å². The van der Waals surface area contributed by atoms with Crippen LogP contribution in [0.15, 0.2) is 70.6 Å². The van der Waals surface area contributed by atoms with Crippen LogP contribution in [0.5, 0.6) is 0 Å². The Bertz CT molecular complexity index is 1340. The minimum atomic E-state index is -4.03. The number of carbonyl (C=O) groups excluding carboxylic acids is 1. The third-order valence-electron chi connectivity index (χ3n) is 4.15. The van der Waals surface area contributed by atoms with Crippen molar-refractivity contribution in [2.75, 3.05) is 5.32 Å². The molecule has 0 aliphatic heterocycles. The van der Waals surface area contributed by atoms with Crippen LogP contribution in [-0.4, -0.2) is 29.5 Å². The van der Waals surface area contributed by atoms with Crippen LogP contribution in [0, 0.1) is 11.6 Å². The number of halogens is 2. The van der Waals surface area contributed by atoms with Gasteiger partial charge < -0.3 is 5.32 Å². The second kappa shape index (κ2) is 7.06. The van der Waals surface area contributed by atoms with Gasteiger partial charge in [-0.15, -0.1) is 0 Å². The average Bonchev–Trinajstić information content (AvgIpc) is 3.10. The van der Waals surface area contributed by atoms with Crippen LogP contribution in [0.25, 0.3) is 11.0 Å². The molecule has 0 aliphatic rings. The monoisotopic (exact) mass is 414 g/mol. The maximum atomic E-state index is 13.4. The molecule has 10 heteroatoms. The number of aromatic nitrogens is 3. The number of nitrogens with zero attached hydrogens (tertiary/aromatic N) is 2. The van der Waals surface area contributed by atoms with Crippen LogP contribution >= 0.6 is 0 Å². The summed E-state index contributed by atoms with van der Waals surface area (Å²) in [5.74, 6) is -1.59. The lowest BCUT2D eigenvalue weighted by Crippen LogP contribution is -2.12. The SMILES string of the molecule is O=C(Nc1[nH]nc2ncc(S(=O)(=O)c3cccc(F)c3)cc12)c1ccc(F)cc1. The number of benzene rings is 2. The van der Waals surface area contributed by atoms with Gasteiger partial charge in [0.25, 0.3) is 5.91 Å². The molecule has 0 aliphatic carbocycles. The Kier molecular flexibility index (Phi) is 4.55. The van der Waals surface area contributed by atoms with Gasteiger partial charge in [-0.25, -0.2) is 22.2 Å². The summed E-state index contributed by atoms with van der Waals surface area (Å²) >= 11 is 0. The van der Waals surface area contributed by atoms with Gasteiger partial charge in [0.05, 0.1) is 15.2 Å². The van der Waals surface area contributed by atoms with Crippen molar-refractivity contribution >= 4 is 32.6 Å². The highest BCUT2D eigenvalue weighted by Gasteiger charge is 2.21. The Labute approximate surface area is 163 Å². The van der Waals surface area contributed by atoms with E-state index in [1.165, 1.54) is 30.3 Å². The number of anilines is 1. The summed E-state index contributed by atoms with van der Waals surface area (Å²) in [5, 5.41) is 9.31. The molecule has 7 nitrogen and oxygen atoms in total. The van der Waals surface area contributed by atoms with Crippen LogP contribution in [0.1, 0.15) is 10.4 Å². The molecule has 0 atom stereocenters. The molecule has 1 amide bonds. The van der Waals surface area contributed by atoms with Crippen molar-refractivity contribution in [3.8, 4) is 0 Å². The maximum Gasteiger partial charge on any atom is 0.256 e. The number of H-pyrrole nitrogens is 1. The highest BCUT2D eigenvalue weighted by molar-refractivity contribution is 7.91. The summed E-state index contributed by atoms with van der Waals surface area (Å²) < 4.78 is 52.0. The number of pyridine rings is 1. The van der Waals surface area contributed by atoms with E-state index in [1.807, 2.05) is 0 Å².